The van der Waals surface area contributed by atoms with E-state index in [1.807, 2.05) is 18.2 Å². The number of benzene rings is 1. The Labute approximate surface area is 102 Å². The fraction of sp³-hybridized carbons (Fsp3) is 0.538. The molecule has 4 nitrogen and oxygen atoms in total. The monoisotopic (exact) mass is 236 g/mol. The first-order valence-electron chi connectivity index (χ1n) is 6.09. The van der Waals surface area contributed by atoms with Gasteiger partial charge in [-0.3, -0.25) is 0 Å². The van der Waals surface area contributed by atoms with E-state index in [-0.39, 0.29) is 12.1 Å². The fourth-order valence-electron chi connectivity index (χ4n) is 2.27. The van der Waals surface area contributed by atoms with Crippen molar-refractivity contribution in [2.24, 2.45) is 0 Å². The molecule has 1 fully saturated rings. The Kier molecular flexibility index (Phi) is 3.74. The van der Waals surface area contributed by atoms with Crippen molar-refractivity contribution in [3.05, 3.63) is 18.2 Å². The predicted molar refractivity (Wildman–Crippen MR) is 69.3 cm³/mol. The lowest BCUT2D eigenvalue weighted by atomic mass is 9.92. The molecule has 2 unspecified atom stereocenters. The lowest BCUT2D eigenvalue weighted by Gasteiger charge is -2.29. The Morgan fingerprint density at radius 1 is 1.35 bits per heavy atom. The van der Waals surface area contributed by atoms with Gasteiger partial charge in [0.05, 0.1) is 30.6 Å². The lowest BCUT2D eigenvalue weighted by molar-refractivity contribution is 0.116. The molecule has 0 aromatic heterocycles. The molecule has 2 atom stereocenters. The number of anilines is 2. The SMILES string of the molecule is COc1ccc(N)c(NC2CCCCC2O)c1. The first-order valence-corrected chi connectivity index (χ1v) is 6.09. The van der Waals surface area contributed by atoms with E-state index < -0.39 is 0 Å². The molecule has 0 bridgehead atoms. The predicted octanol–water partition coefficient (Wildman–Crippen LogP) is 1.99. The van der Waals surface area contributed by atoms with Crippen LogP contribution < -0.4 is 15.8 Å². The molecule has 1 aliphatic rings. The number of nitrogen functional groups attached to an aromatic ring is 1. The van der Waals surface area contributed by atoms with Crippen molar-refractivity contribution in [1.29, 1.82) is 0 Å². The van der Waals surface area contributed by atoms with Gasteiger partial charge in [-0.2, -0.15) is 0 Å². The van der Waals surface area contributed by atoms with E-state index in [9.17, 15) is 5.11 Å². The second kappa shape index (κ2) is 5.27. The molecule has 1 aromatic carbocycles. The maximum atomic E-state index is 9.91. The summed E-state index contributed by atoms with van der Waals surface area (Å²) in [6, 6.07) is 5.61. The third-order valence-corrected chi connectivity index (χ3v) is 3.33. The van der Waals surface area contributed by atoms with Gasteiger partial charge in [0.2, 0.25) is 0 Å². The van der Waals surface area contributed by atoms with Crippen LogP contribution in [0.4, 0.5) is 11.4 Å². The highest BCUT2D eigenvalue weighted by atomic mass is 16.5. The molecule has 0 saturated heterocycles. The van der Waals surface area contributed by atoms with Crippen LogP contribution in [0.1, 0.15) is 25.7 Å². The van der Waals surface area contributed by atoms with Gasteiger partial charge in [0.25, 0.3) is 0 Å². The number of hydrogen-bond donors (Lipinski definition) is 3. The Hall–Kier alpha value is -1.42. The zero-order chi connectivity index (χ0) is 12.3. The summed E-state index contributed by atoms with van der Waals surface area (Å²) in [4.78, 5) is 0. The Balaban J connectivity index is 2.11. The van der Waals surface area contributed by atoms with Crippen molar-refractivity contribution in [1.82, 2.24) is 0 Å². The average Bonchev–Trinajstić information content (AvgIpc) is 2.35. The molecule has 4 N–H and O–H groups in total. The van der Waals surface area contributed by atoms with Gasteiger partial charge >= 0.3 is 0 Å². The van der Waals surface area contributed by atoms with Gasteiger partial charge in [-0.1, -0.05) is 12.8 Å². The largest absolute Gasteiger partial charge is 0.497 e. The van der Waals surface area contributed by atoms with Gasteiger partial charge in [-0.25, -0.2) is 0 Å². The first kappa shape index (κ1) is 12.0. The molecule has 0 aliphatic heterocycles. The molecule has 4 heteroatoms. The average molecular weight is 236 g/mol. The highest BCUT2D eigenvalue weighted by Crippen LogP contribution is 2.28. The lowest BCUT2D eigenvalue weighted by Crippen LogP contribution is -2.36. The molecule has 1 aliphatic carbocycles. The maximum absolute atomic E-state index is 9.91. The van der Waals surface area contributed by atoms with E-state index in [1.54, 1.807) is 7.11 Å². The summed E-state index contributed by atoms with van der Waals surface area (Å²) in [6.07, 6.45) is 3.82. The van der Waals surface area contributed by atoms with E-state index in [1.165, 1.54) is 0 Å². The Bertz CT molecular complexity index is 382. The minimum atomic E-state index is -0.283. The second-order valence-electron chi connectivity index (χ2n) is 4.56. The van der Waals surface area contributed by atoms with E-state index in [0.717, 1.165) is 37.1 Å². The number of nitrogens with one attached hydrogen (secondary N) is 1. The highest BCUT2D eigenvalue weighted by Gasteiger charge is 2.23. The highest BCUT2D eigenvalue weighted by molar-refractivity contribution is 5.68. The van der Waals surface area contributed by atoms with Gasteiger partial charge in [-0.15, -0.1) is 0 Å². The molecule has 17 heavy (non-hydrogen) atoms. The molecule has 94 valence electrons. The van der Waals surface area contributed by atoms with Crippen molar-refractivity contribution in [3.63, 3.8) is 0 Å². The second-order valence-corrected chi connectivity index (χ2v) is 4.56. The molecule has 1 saturated carbocycles. The smallest absolute Gasteiger partial charge is 0.121 e. The number of nitrogens with two attached hydrogens (primary N) is 1. The van der Waals surface area contributed by atoms with Crippen LogP contribution in [0.5, 0.6) is 5.75 Å². The third-order valence-electron chi connectivity index (χ3n) is 3.33. The molecule has 2 rings (SSSR count). The standard InChI is InChI=1S/C13H20N2O2/c1-17-9-6-7-10(14)12(8-9)15-11-4-2-3-5-13(11)16/h6-8,11,13,15-16H,2-5,14H2,1H3. The summed E-state index contributed by atoms with van der Waals surface area (Å²) in [7, 11) is 1.63. The molecule has 0 heterocycles. The summed E-state index contributed by atoms with van der Waals surface area (Å²) in [5.74, 6) is 0.770. The van der Waals surface area contributed by atoms with Gasteiger partial charge in [-0.05, 0) is 25.0 Å². The molecule has 0 amide bonds. The van der Waals surface area contributed by atoms with Crippen LogP contribution >= 0.6 is 0 Å². The van der Waals surface area contributed by atoms with Crippen molar-refractivity contribution in [2.45, 2.75) is 37.8 Å². The summed E-state index contributed by atoms with van der Waals surface area (Å²) in [6.45, 7) is 0. The minimum Gasteiger partial charge on any atom is -0.497 e. The van der Waals surface area contributed by atoms with E-state index in [2.05, 4.69) is 5.32 Å². The molecular formula is C13H20N2O2. The quantitative estimate of drug-likeness (QED) is 0.702. The Morgan fingerprint density at radius 3 is 2.82 bits per heavy atom. The van der Waals surface area contributed by atoms with Crippen molar-refractivity contribution >= 4 is 11.4 Å². The van der Waals surface area contributed by atoms with Crippen molar-refractivity contribution in [3.8, 4) is 5.75 Å². The minimum absolute atomic E-state index is 0.0955. The number of aliphatic hydroxyl groups is 1. The molecule has 0 radical (unpaired) electrons. The number of methoxy groups -OCH3 is 1. The maximum Gasteiger partial charge on any atom is 0.121 e. The number of hydrogen-bond acceptors (Lipinski definition) is 4. The van der Waals surface area contributed by atoms with Gasteiger partial charge in [0, 0.05) is 6.07 Å². The number of rotatable bonds is 3. The summed E-state index contributed by atoms with van der Waals surface area (Å²) in [5, 5.41) is 13.2. The van der Waals surface area contributed by atoms with Gasteiger partial charge in [0.15, 0.2) is 0 Å². The molecule has 1 aromatic rings. The summed E-state index contributed by atoms with van der Waals surface area (Å²) < 4.78 is 5.17. The van der Waals surface area contributed by atoms with Crippen molar-refractivity contribution in [2.75, 3.05) is 18.2 Å². The zero-order valence-corrected chi connectivity index (χ0v) is 10.1. The Morgan fingerprint density at radius 2 is 2.12 bits per heavy atom. The van der Waals surface area contributed by atoms with Gasteiger partial charge < -0.3 is 20.9 Å². The third kappa shape index (κ3) is 2.82. The fourth-order valence-corrected chi connectivity index (χ4v) is 2.27. The zero-order valence-electron chi connectivity index (χ0n) is 10.1. The van der Waals surface area contributed by atoms with Crippen LogP contribution in [0.15, 0.2) is 18.2 Å². The topological polar surface area (TPSA) is 67.5 Å². The van der Waals surface area contributed by atoms with E-state index >= 15 is 0 Å². The number of ether oxygens (including phenoxy) is 1. The van der Waals surface area contributed by atoms with Crippen LogP contribution in [0, 0.1) is 0 Å². The normalized spacial score (nSPS) is 24.4. The van der Waals surface area contributed by atoms with Crippen molar-refractivity contribution < 1.29 is 9.84 Å². The van der Waals surface area contributed by atoms with Crippen LogP contribution in [-0.4, -0.2) is 24.4 Å². The van der Waals surface area contributed by atoms with Crippen LogP contribution in [0.3, 0.4) is 0 Å². The van der Waals surface area contributed by atoms with Crippen LogP contribution in [0.2, 0.25) is 0 Å². The summed E-state index contributed by atoms with van der Waals surface area (Å²) in [5.41, 5.74) is 7.43. The first-order chi connectivity index (χ1) is 8.20. The van der Waals surface area contributed by atoms with Crippen LogP contribution in [-0.2, 0) is 0 Å². The van der Waals surface area contributed by atoms with Crippen LogP contribution in [0.25, 0.3) is 0 Å². The van der Waals surface area contributed by atoms with E-state index in [4.69, 9.17) is 10.5 Å². The van der Waals surface area contributed by atoms with Gasteiger partial charge in [0.1, 0.15) is 5.75 Å². The molecular weight excluding hydrogens is 216 g/mol. The number of aliphatic hydroxyl groups excluding tert-OH is 1. The summed E-state index contributed by atoms with van der Waals surface area (Å²) >= 11 is 0. The van der Waals surface area contributed by atoms with E-state index in [0.29, 0.717) is 5.69 Å². The molecule has 0 spiro atoms.